The Hall–Kier alpha value is -3.24. The maximum atomic E-state index is 13.2. The number of amides is 3. The van der Waals surface area contributed by atoms with E-state index in [-0.39, 0.29) is 18.5 Å². The summed E-state index contributed by atoms with van der Waals surface area (Å²) in [5, 5.41) is 3.63. The summed E-state index contributed by atoms with van der Waals surface area (Å²) < 4.78 is 6.12. The van der Waals surface area contributed by atoms with E-state index in [9.17, 15) is 9.59 Å². The number of ether oxygens (including phenoxy) is 1. The molecular weight excluding hydrogens is 476 g/mol. The summed E-state index contributed by atoms with van der Waals surface area (Å²) in [6, 6.07) is 11.9. The van der Waals surface area contributed by atoms with E-state index in [1.54, 1.807) is 17.0 Å². The predicted molar refractivity (Wildman–Crippen MR) is 125 cm³/mol. The minimum absolute atomic E-state index is 0.114. The number of nitrogens with one attached hydrogen (secondary N) is 1. The van der Waals surface area contributed by atoms with Crippen LogP contribution >= 0.6 is 15.9 Å². The van der Waals surface area contributed by atoms with Crippen LogP contribution in [0.4, 0.5) is 16.3 Å². The van der Waals surface area contributed by atoms with E-state index in [4.69, 9.17) is 10.5 Å². The van der Waals surface area contributed by atoms with Gasteiger partial charge in [-0.3, -0.25) is 4.79 Å². The molecule has 0 saturated carbocycles. The third-order valence-electron chi connectivity index (χ3n) is 5.35. The maximum Gasteiger partial charge on any atom is 0.322 e. The van der Waals surface area contributed by atoms with Gasteiger partial charge in [-0.1, -0.05) is 28.1 Å². The summed E-state index contributed by atoms with van der Waals surface area (Å²) in [6.45, 7) is 1.32. The molecule has 9 nitrogen and oxygen atoms in total. The van der Waals surface area contributed by atoms with Crippen molar-refractivity contribution in [3.8, 4) is 0 Å². The van der Waals surface area contributed by atoms with Gasteiger partial charge in [-0.25, -0.2) is 14.8 Å². The SMILES string of the molecule is COC[C@H]1C(=O)N(Cc2ccc3c(N)ncnc3c2)CCN1C(=O)Nc1cccc(Br)c1. The van der Waals surface area contributed by atoms with Crippen molar-refractivity contribution >= 4 is 50.3 Å². The van der Waals surface area contributed by atoms with E-state index in [1.165, 1.54) is 18.3 Å². The molecule has 2 aromatic carbocycles. The van der Waals surface area contributed by atoms with E-state index >= 15 is 0 Å². The van der Waals surface area contributed by atoms with Gasteiger partial charge in [-0.05, 0) is 35.9 Å². The van der Waals surface area contributed by atoms with Crippen LogP contribution in [0.1, 0.15) is 5.56 Å². The molecule has 0 bridgehead atoms. The van der Waals surface area contributed by atoms with Gasteiger partial charge in [-0.2, -0.15) is 0 Å². The van der Waals surface area contributed by atoms with Crippen molar-refractivity contribution in [3.05, 3.63) is 58.8 Å². The summed E-state index contributed by atoms with van der Waals surface area (Å²) >= 11 is 3.39. The van der Waals surface area contributed by atoms with Crippen molar-refractivity contribution in [1.82, 2.24) is 19.8 Å². The van der Waals surface area contributed by atoms with Gasteiger partial charge in [-0.15, -0.1) is 0 Å². The molecule has 0 unspecified atom stereocenters. The van der Waals surface area contributed by atoms with Gasteiger partial charge < -0.3 is 25.6 Å². The number of anilines is 2. The molecule has 1 aliphatic rings. The molecule has 0 spiro atoms. The van der Waals surface area contributed by atoms with Crippen LogP contribution in [0.5, 0.6) is 0 Å². The fraction of sp³-hybridized carbons (Fsp3) is 0.273. The summed E-state index contributed by atoms with van der Waals surface area (Å²) in [4.78, 5) is 37.6. The monoisotopic (exact) mass is 498 g/mol. The van der Waals surface area contributed by atoms with E-state index in [1.807, 2.05) is 30.3 Å². The number of nitrogens with two attached hydrogens (primary N) is 1. The van der Waals surface area contributed by atoms with Crippen molar-refractivity contribution in [2.75, 3.05) is 37.9 Å². The summed E-state index contributed by atoms with van der Waals surface area (Å²) in [5.74, 6) is 0.257. The molecule has 0 radical (unpaired) electrons. The average molecular weight is 499 g/mol. The van der Waals surface area contributed by atoms with Crippen LogP contribution in [0.15, 0.2) is 53.3 Å². The molecule has 1 aromatic heterocycles. The molecule has 1 saturated heterocycles. The first-order valence-corrected chi connectivity index (χ1v) is 10.9. The third-order valence-corrected chi connectivity index (χ3v) is 5.84. The van der Waals surface area contributed by atoms with E-state index in [0.717, 1.165) is 20.9 Å². The lowest BCUT2D eigenvalue weighted by Crippen LogP contribution is -2.60. The third kappa shape index (κ3) is 4.66. The zero-order valence-electron chi connectivity index (χ0n) is 17.5. The van der Waals surface area contributed by atoms with Crippen LogP contribution in [-0.4, -0.2) is 64.6 Å². The number of methoxy groups -OCH3 is 1. The quantitative estimate of drug-likeness (QED) is 0.558. The van der Waals surface area contributed by atoms with Crippen LogP contribution in [-0.2, 0) is 16.1 Å². The van der Waals surface area contributed by atoms with Gasteiger partial charge in [0.25, 0.3) is 0 Å². The second-order valence-electron chi connectivity index (χ2n) is 7.48. The Morgan fingerprint density at radius 1 is 1.25 bits per heavy atom. The van der Waals surface area contributed by atoms with E-state index < -0.39 is 6.04 Å². The lowest BCUT2D eigenvalue weighted by atomic mass is 10.1. The van der Waals surface area contributed by atoms with Crippen molar-refractivity contribution in [2.45, 2.75) is 12.6 Å². The number of aromatic nitrogens is 2. The first-order valence-electron chi connectivity index (χ1n) is 10.1. The maximum absolute atomic E-state index is 13.2. The van der Waals surface area contributed by atoms with Crippen LogP contribution in [0.3, 0.4) is 0 Å². The van der Waals surface area contributed by atoms with Crippen LogP contribution < -0.4 is 11.1 Å². The first kappa shape index (κ1) is 22.0. The Kier molecular flexibility index (Phi) is 6.52. The fourth-order valence-electron chi connectivity index (χ4n) is 3.76. The Morgan fingerprint density at radius 2 is 2.09 bits per heavy atom. The molecule has 2 heterocycles. The zero-order chi connectivity index (χ0) is 22.7. The number of halogens is 1. The second kappa shape index (κ2) is 9.49. The Balaban J connectivity index is 1.49. The van der Waals surface area contributed by atoms with Crippen molar-refractivity contribution in [1.29, 1.82) is 0 Å². The molecule has 1 fully saturated rings. The Morgan fingerprint density at radius 3 is 2.88 bits per heavy atom. The van der Waals surface area contributed by atoms with Crippen LogP contribution in [0.2, 0.25) is 0 Å². The van der Waals surface area contributed by atoms with Crippen LogP contribution in [0.25, 0.3) is 10.9 Å². The molecule has 4 rings (SSSR count). The molecule has 3 N–H and O–H groups in total. The molecule has 3 aromatic rings. The minimum atomic E-state index is -0.709. The summed E-state index contributed by atoms with van der Waals surface area (Å²) in [6.07, 6.45) is 1.42. The number of carbonyl (C=O) groups excluding carboxylic acids is 2. The lowest BCUT2D eigenvalue weighted by Gasteiger charge is -2.40. The van der Waals surface area contributed by atoms with E-state index in [2.05, 4.69) is 31.2 Å². The number of carbonyl (C=O) groups is 2. The van der Waals surface area contributed by atoms with Crippen molar-refractivity contribution < 1.29 is 14.3 Å². The molecule has 1 atom stereocenters. The molecule has 166 valence electrons. The van der Waals surface area contributed by atoms with Gasteiger partial charge in [0.15, 0.2) is 0 Å². The van der Waals surface area contributed by atoms with Gasteiger partial charge >= 0.3 is 6.03 Å². The molecule has 3 amide bonds. The van der Waals surface area contributed by atoms with Crippen molar-refractivity contribution in [2.24, 2.45) is 0 Å². The smallest absolute Gasteiger partial charge is 0.322 e. The zero-order valence-corrected chi connectivity index (χ0v) is 19.1. The number of nitrogens with zero attached hydrogens (tertiary/aromatic N) is 4. The molecule has 1 aliphatic heterocycles. The second-order valence-corrected chi connectivity index (χ2v) is 8.39. The van der Waals surface area contributed by atoms with E-state index in [0.29, 0.717) is 31.1 Å². The Labute approximate surface area is 193 Å². The number of rotatable bonds is 5. The van der Waals surface area contributed by atoms with Crippen molar-refractivity contribution in [3.63, 3.8) is 0 Å². The number of fused-ring (bicyclic) bond motifs is 1. The topological polar surface area (TPSA) is 114 Å². The van der Waals surface area contributed by atoms with Crippen LogP contribution in [0, 0.1) is 0 Å². The number of urea groups is 1. The number of hydrogen-bond acceptors (Lipinski definition) is 6. The normalized spacial score (nSPS) is 16.4. The largest absolute Gasteiger partial charge is 0.383 e. The number of nitrogen functional groups attached to an aromatic ring is 1. The lowest BCUT2D eigenvalue weighted by molar-refractivity contribution is -0.142. The number of piperazine rings is 1. The molecule has 10 heteroatoms. The number of hydrogen-bond donors (Lipinski definition) is 2. The van der Waals surface area contributed by atoms with Gasteiger partial charge in [0.2, 0.25) is 5.91 Å². The minimum Gasteiger partial charge on any atom is -0.383 e. The average Bonchev–Trinajstić information content (AvgIpc) is 2.77. The fourth-order valence-corrected chi connectivity index (χ4v) is 4.16. The highest BCUT2D eigenvalue weighted by molar-refractivity contribution is 9.10. The highest BCUT2D eigenvalue weighted by atomic mass is 79.9. The molecular formula is C22H23BrN6O3. The predicted octanol–water partition coefficient (Wildman–Crippen LogP) is 2.87. The van der Waals surface area contributed by atoms with Gasteiger partial charge in [0.05, 0.1) is 12.1 Å². The number of benzene rings is 2. The van der Waals surface area contributed by atoms with Gasteiger partial charge in [0, 0.05) is 42.3 Å². The Bertz CT molecular complexity index is 1160. The molecule has 0 aliphatic carbocycles. The van der Waals surface area contributed by atoms with Gasteiger partial charge in [0.1, 0.15) is 18.2 Å². The first-order chi connectivity index (χ1) is 15.5. The summed E-state index contributed by atoms with van der Waals surface area (Å²) in [5.41, 5.74) is 8.19. The standard InChI is InChI=1S/C22H23BrN6O3/c1-32-12-19-21(30)28(11-14-5-6-17-18(9-14)25-13-26-20(17)24)7-8-29(19)22(31)27-16-4-2-3-15(23)10-16/h2-6,9-10,13,19H,7-8,11-12H2,1H3,(H,27,31)(H2,24,25,26)/t19-/m0/s1. The highest BCUT2D eigenvalue weighted by Gasteiger charge is 2.37. The highest BCUT2D eigenvalue weighted by Crippen LogP contribution is 2.22. The summed E-state index contributed by atoms with van der Waals surface area (Å²) in [7, 11) is 1.52. The molecule has 32 heavy (non-hydrogen) atoms.